The van der Waals surface area contributed by atoms with Crippen molar-refractivity contribution in [1.82, 2.24) is 0 Å². The Labute approximate surface area is 139 Å². The van der Waals surface area contributed by atoms with E-state index in [1.54, 1.807) is 7.11 Å². The van der Waals surface area contributed by atoms with E-state index in [1.165, 1.54) is 0 Å². The molecule has 23 heavy (non-hydrogen) atoms. The molecule has 0 spiro atoms. The molecule has 0 aromatic carbocycles. The summed E-state index contributed by atoms with van der Waals surface area (Å²) in [5, 5.41) is 10.9. The van der Waals surface area contributed by atoms with Crippen LogP contribution in [0.2, 0.25) is 0 Å². The SMILES string of the molecule is COC1O[C@@]2(C(C)C)CC[C@](C)(CCC3(C)OCCO3)[C@H]2[C@H]1O. The Morgan fingerprint density at radius 2 is 1.78 bits per heavy atom. The van der Waals surface area contributed by atoms with Crippen LogP contribution in [-0.4, -0.2) is 49.2 Å². The minimum absolute atomic E-state index is 0.00921. The third kappa shape index (κ3) is 2.74. The fourth-order valence-electron chi connectivity index (χ4n) is 5.12. The van der Waals surface area contributed by atoms with E-state index in [0.29, 0.717) is 19.1 Å². The van der Waals surface area contributed by atoms with Gasteiger partial charge in [0.05, 0.1) is 18.8 Å². The van der Waals surface area contributed by atoms with E-state index in [1.807, 2.05) is 6.92 Å². The number of hydrogen-bond donors (Lipinski definition) is 1. The molecule has 134 valence electrons. The molecule has 5 nitrogen and oxygen atoms in total. The molecule has 1 saturated carbocycles. The van der Waals surface area contributed by atoms with Crippen molar-refractivity contribution in [3.63, 3.8) is 0 Å². The van der Waals surface area contributed by atoms with Crippen molar-refractivity contribution in [2.24, 2.45) is 17.3 Å². The van der Waals surface area contributed by atoms with Crippen molar-refractivity contribution in [2.45, 2.75) is 77.2 Å². The topological polar surface area (TPSA) is 57.2 Å². The summed E-state index contributed by atoms with van der Waals surface area (Å²) >= 11 is 0. The van der Waals surface area contributed by atoms with Crippen molar-refractivity contribution >= 4 is 0 Å². The Morgan fingerprint density at radius 1 is 1.13 bits per heavy atom. The van der Waals surface area contributed by atoms with Gasteiger partial charge >= 0.3 is 0 Å². The highest BCUT2D eigenvalue weighted by Crippen LogP contribution is 2.62. The summed E-state index contributed by atoms with van der Waals surface area (Å²) in [6.07, 6.45) is 2.74. The molecule has 1 unspecified atom stereocenters. The highest BCUT2D eigenvalue weighted by atomic mass is 16.7. The summed E-state index contributed by atoms with van der Waals surface area (Å²) in [5.74, 6) is -0.0411. The Morgan fingerprint density at radius 3 is 2.35 bits per heavy atom. The van der Waals surface area contributed by atoms with Crippen LogP contribution < -0.4 is 0 Å². The first-order chi connectivity index (χ1) is 10.8. The van der Waals surface area contributed by atoms with Crippen molar-refractivity contribution in [1.29, 1.82) is 0 Å². The summed E-state index contributed by atoms with van der Waals surface area (Å²) in [6.45, 7) is 10.0. The molecule has 2 aliphatic heterocycles. The third-order valence-electron chi connectivity index (χ3n) is 6.58. The maximum absolute atomic E-state index is 10.9. The van der Waals surface area contributed by atoms with E-state index < -0.39 is 18.2 Å². The third-order valence-corrected chi connectivity index (χ3v) is 6.58. The summed E-state index contributed by atoms with van der Waals surface area (Å²) < 4.78 is 23.2. The number of aliphatic hydroxyl groups excluding tert-OH is 1. The van der Waals surface area contributed by atoms with Crippen molar-refractivity contribution in [3.8, 4) is 0 Å². The Hall–Kier alpha value is -0.200. The van der Waals surface area contributed by atoms with Crippen LogP contribution in [0.4, 0.5) is 0 Å². The number of hydrogen-bond acceptors (Lipinski definition) is 5. The van der Waals surface area contributed by atoms with Gasteiger partial charge in [-0.1, -0.05) is 20.8 Å². The normalized spacial score (nSPS) is 45.8. The first-order valence-corrected chi connectivity index (χ1v) is 8.93. The lowest BCUT2D eigenvalue weighted by Gasteiger charge is -2.40. The smallest absolute Gasteiger partial charge is 0.184 e. The molecule has 3 rings (SSSR count). The number of ether oxygens (including phenoxy) is 4. The number of fused-ring (bicyclic) bond motifs is 1. The minimum atomic E-state index is -0.576. The predicted octanol–water partition coefficient (Wildman–Crippen LogP) is 2.70. The first kappa shape index (κ1) is 17.6. The highest BCUT2D eigenvalue weighted by molar-refractivity contribution is 5.12. The molecule has 3 aliphatic rings. The summed E-state index contributed by atoms with van der Waals surface area (Å²) in [5.41, 5.74) is -0.275. The lowest BCUT2D eigenvalue weighted by atomic mass is 9.68. The van der Waals surface area contributed by atoms with Gasteiger partial charge in [0, 0.05) is 19.4 Å². The van der Waals surface area contributed by atoms with Gasteiger partial charge < -0.3 is 24.1 Å². The van der Waals surface area contributed by atoms with Crippen LogP contribution in [0.15, 0.2) is 0 Å². The standard InChI is InChI=1S/C18H32O5/c1-12(2)18-9-7-16(3,6-8-17(4)21-10-11-22-17)14(18)13(19)15(20-5)23-18/h12-15,19H,6-11H2,1-5H3/t13-,14-,15?,16+,18-/m1/s1. The van der Waals surface area contributed by atoms with Gasteiger partial charge in [-0.2, -0.15) is 0 Å². The van der Waals surface area contributed by atoms with Gasteiger partial charge in [-0.25, -0.2) is 0 Å². The first-order valence-electron chi connectivity index (χ1n) is 8.93. The largest absolute Gasteiger partial charge is 0.387 e. The van der Waals surface area contributed by atoms with Crippen LogP contribution in [0, 0.1) is 17.3 Å². The molecule has 3 fully saturated rings. The van der Waals surface area contributed by atoms with Crippen LogP contribution >= 0.6 is 0 Å². The molecule has 1 aliphatic carbocycles. The fourth-order valence-corrected chi connectivity index (χ4v) is 5.12. The Bertz CT molecular complexity index is 433. The molecule has 1 N–H and O–H groups in total. The van der Waals surface area contributed by atoms with E-state index in [2.05, 4.69) is 20.8 Å². The molecule has 5 atom stereocenters. The number of aliphatic hydroxyl groups is 1. The molecule has 2 saturated heterocycles. The molecule has 0 bridgehead atoms. The number of methoxy groups -OCH3 is 1. The van der Waals surface area contributed by atoms with E-state index in [9.17, 15) is 5.11 Å². The van der Waals surface area contributed by atoms with E-state index in [0.717, 1.165) is 25.7 Å². The van der Waals surface area contributed by atoms with Gasteiger partial charge in [-0.05, 0) is 37.5 Å². The second-order valence-corrected chi connectivity index (χ2v) is 8.28. The molecule has 0 amide bonds. The maximum Gasteiger partial charge on any atom is 0.184 e. The maximum atomic E-state index is 10.9. The van der Waals surface area contributed by atoms with Crippen LogP contribution in [0.25, 0.3) is 0 Å². The molecule has 0 aromatic heterocycles. The minimum Gasteiger partial charge on any atom is -0.387 e. The zero-order valence-electron chi connectivity index (χ0n) is 15.1. The fraction of sp³-hybridized carbons (Fsp3) is 1.00. The van der Waals surface area contributed by atoms with Crippen molar-refractivity contribution < 1.29 is 24.1 Å². The quantitative estimate of drug-likeness (QED) is 0.841. The van der Waals surface area contributed by atoms with Crippen molar-refractivity contribution in [3.05, 3.63) is 0 Å². The van der Waals surface area contributed by atoms with E-state index in [-0.39, 0.29) is 16.9 Å². The van der Waals surface area contributed by atoms with Crippen LogP contribution in [0.3, 0.4) is 0 Å². The Balaban J connectivity index is 1.79. The molecule has 0 radical (unpaired) electrons. The van der Waals surface area contributed by atoms with E-state index >= 15 is 0 Å². The van der Waals surface area contributed by atoms with Crippen LogP contribution in [0.5, 0.6) is 0 Å². The molecule has 5 heteroatoms. The lowest BCUT2D eigenvalue weighted by molar-refractivity contribution is -0.187. The van der Waals surface area contributed by atoms with Gasteiger partial charge in [0.2, 0.25) is 0 Å². The zero-order valence-corrected chi connectivity index (χ0v) is 15.1. The van der Waals surface area contributed by atoms with Crippen molar-refractivity contribution in [2.75, 3.05) is 20.3 Å². The predicted molar refractivity (Wildman–Crippen MR) is 85.8 cm³/mol. The second kappa shape index (κ2) is 5.95. The van der Waals surface area contributed by atoms with Gasteiger partial charge in [0.25, 0.3) is 0 Å². The van der Waals surface area contributed by atoms with Gasteiger partial charge in [-0.3, -0.25) is 0 Å². The molecule has 0 aromatic rings. The van der Waals surface area contributed by atoms with Crippen LogP contribution in [0.1, 0.15) is 53.4 Å². The Kier molecular flexibility index (Phi) is 4.56. The van der Waals surface area contributed by atoms with Gasteiger partial charge in [0.15, 0.2) is 12.1 Å². The second-order valence-electron chi connectivity index (χ2n) is 8.28. The zero-order chi connectivity index (χ0) is 16.9. The monoisotopic (exact) mass is 328 g/mol. The van der Waals surface area contributed by atoms with Crippen LogP contribution in [-0.2, 0) is 18.9 Å². The highest BCUT2D eigenvalue weighted by Gasteiger charge is 2.66. The summed E-state index contributed by atoms with van der Waals surface area (Å²) in [7, 11) is 1.61. The van der Waals surface area contributed by atoms with E-state index in [4.69, 9.17) is 18.9 Å². The molecular formula is C18H32O5. The average Bonchev–Trinajstić information content (AvgIpc) is 3.14. The van der Waals surface area contributed by atoms with Gasteiger partial charge in [0.1, 0.15) is 6.10 Å². The molecular weight excluding hydrogens is 296 g/mol. The molecule has 2 heterocycles. The summed E-state index contributed by atoms with van der Waals surface area (Å²) in [4.78, 5) is 0. The lowest BCUT2D eigenvalue weighted by Crippen LogP contribution is -2.45. The summed E-state index contributed by atoms with van der Waals surface area (Å²) in [6, 6.07) is 0. The van der Waals surface area contributed by atoms with Gasteiger partial charge in [-0.15, -0.1) is 0 Å². The average molecular weight is 328 g/mol. The number of rotatable bonds is 5.